The van der Waals surface area contributed by atoms with Crippen molar-refractivity contribution < 1.29 is 28.5 Å². The van der Waals surface area contributed by atoms with E-state index in [9.17, 15) is 9.59 Å². The fourth-order valence-corrected chi connectivity index (χ4v) is 3.71. The maximum Gasteiger partial charge on any atom is 0.260 e. The Bertz CT molecular complexity index is 941. The Morgan fingerprint density at radius 1 is 1.10 bits per heavy atom. The van der Waals surface area contributed by atoms with Crippen LogP contribution in [0.4, 0.5) is 0 Å². The van der Waals surface area contributed by atoms with Crippen LogP contribution in [-0.4, -0.2) is 63.3 Å². The van der Waals surface area contributed by atoms with Gasteiger partial charge < -0.3 is 29.2 Å². The van der Waals surface area contributed by atoms with Crippen LogP contribution >= 0.6 is 0 Å². The highest BCUT2D eigenvalue weighted by atomic mass is 16.5. The Labute approximate surface area is 181 Å². The number of amides is 2. The Morgan fingerprint density at radius 2 is 1.90 bits per heavy atom. The molecule has 1 atom stereocenters. The molecule has 1 saturated heterocycles. The summed E-state index contributed by atoms with van der Waals surface area (Å²) < 4.78 is 22.0. The third-order valence-corrected chi connectivity index (χ3v) is 5.40. The van der Waals surface area contributed by atoms with E-state index in [1.807, 2.05) is 24.3 Å². The summed E-state index contributed by atoms with van der Waals surface area (Å²) in [5.74, 6) is 1.29. The van der Waals surface area contributed by atoms with Gasteiger partial charge >= 0.3 is 0 Å². The van der Waals surface area contributed by atoms with Crippen LogP contribution in [0.5, 0.6) is 17.2 Å². The normalized spacial score (nSPS) is 17.8. The highest BCUT2D eigenvalue weighted by Crippen LogP contribution is 2.32. The third kappa shape index (κ3) is 4.91. The van der Waals surface area contributed by atoms with E-state index in [1.54, 1.807) is 23.1 Å². The molecule has 0 unspecified atom stereocenters. The molecule has 0 aromatic heterocycles. The average molecular weight is 426 g/mol. The molecule has 2 aliphatic heterocycles. The summed E-state index contributed by atoms with van der Waals surface area (Å²) in [5.41, 5.74) is 1.42. The van der Waals surface area contributed by atoms with E-state index in [4.69, 9.17) is 18.9 Å². The van der Waals surface area contributed by atoms with Crippen molar-refractivity contribution in [2.75, 3.05) is 46.6 Å². The van der Waals surface area contributed by atoms with Crippen molar-refractivity contribution in [2.45, 2.75) is 12.5 Å². The number of hydrogen-bond acceptors (Lipinski definition) is 6. The minimum absolute atomic E-state index is 0.0965. The van der Waals surface area contributed by atoms with Gasteiger partial charge in [-0.15, -0.1) is 0 Å². The summed E-state index contributed by atoms with van der Waals surface area (Å²) in [6.45, 7) is 2.66. The molecule has 4 rings (SSSR count). The van der Waals surface area contributed by atoms with Crippen molar-refractivity contribution in [3.05, 3.63) is 53.6 Å². The number of nitrogens with zero attached hydrogens (tertiary/aromatic N) is 1. The summed E-state index contributed by atoms with van der Waals surface area (Å²) in [6, 6.07) is 12.5. The second-order valence-electron chi connectivity index (χ2n) is 7.35. The van der Waals surface area contributed by atoms with Gasteiger partial charge in [-0.3, -0.25) is 9.59 Å². The molecular formula is C23H26N2O6. The van der Waals surface area contributed by atoms with Gasteiger partial charge in [0.1, 0.15) is 5.75 Å². The number of ether oxygens (including phenoxy) is 4. The van der Waals surface area contributed by atoms with E-state index in [-0.39, 0.29) is 24.5 Å². The van der Waals surface area contributed by atoms with Gasteiger partial charge in [-0.05, 0) is 24.3 Å². The van der Waals surface area contributed by atoms with Crippen LogP contribution < -0.4 is 19.5 Å². The van der Waals surface area contributed by atoms with Crippen LogP contribution in [-0.2, 0) is 9.53 Å². The zero-order valence-corrected chi connectivity index (χ0v) is 17.5. The first-order valence-corrected chi connectivity index (χ1v) is 10.3. The first-order valence-electron chi connectivity index (χ1n) is 10.3. The van der Waals surface area contributed by atoms with Gasteiger partial charge in [-0.1, -0.05) is 18.2 Å². The summed E-state index contributed by atoms with van der Waals surface area (Å²) in [4.78, 5) is 26.9. The highest BCUT2D eigenvalue weighted by Gasteiger charge is 2.24. The Balaban J connectivity index is 1.40. The van der Waals surface area contributed by atoms with Gasteiger partial charge in [-0.25, -0.2) is 0 Å². The molecule has 2 aromatic carbocycles. The predicted molar refractivity (Wildman–Crippen MR) is 113 cm³/mol. The molecule has 2 aromatic rings. The maximum atomic E-state index is 12.9. The van der Waals surface area contributed by atoms with E-state index in [2.05, 4.69) is 5.32 Å². The Hall–Kier alpha value is -3.26. The van der Waals surface area contributed by atoms with Crippen LogP contribution in [0.15, 0.2) is 42.5 Å². The van der Waals surface area contributed by atoms with E-state index in [1.165, 1.54) is 7.11 Å². The molecule has 1 fully saturated rings. The molecule has 2 amide bonds. The van der Waals surface area contributed by atoms with Crippen LogP contribution in [0.3, 0.4) is 0 Å². The van der Waals surface area contributed by atoms with Crippen LogP contribution in [0, 0.1) is 0 Å². The number of carbonyl (C=O) groups excluding carboxylic acids is 2. The van der Waals surface area contributed by atoms with Gasteiger partial charge in [0.05, 0.1) is 33.0 Å². The molecule has 1 N–H and O–H groups in total. The molecule has 0 aliphatic carbocycles. The first-order chi connectivity index (χ1) is 15.2. The average Bonchev–Trinajstić information content (AvgIpc) is 2.83. The molecule has 8 nitrogen and oxygen atoms in total. The van der Waals surface area contributed by atoms with Gasteiger partial charge in [0.2, 0.25) is 0 Å². The molecule has 2 heterocycles. The lowest BCUT2D eigenvalue weighted by Crippen LogP contribution is -2.43. The fraction of sp³-hybridized carbons (Fsp3) is 0.391. The van der Waals surface area contributed by atoms with E-state index in [0.29, 0.717) is 56.4 Å². The molecule has 8 heteroatoms. The van der Waals surface area contributed by atoms with Crippen molar-refractivity contribution in [3.63, 3.8) is 0 Å². The number of para-hydroxylation sites is 1. The standard InChI is InChI=1S/C23H26N2O6/c1-28-21-14-16(6-7-20(21)31-15-22(26)25-9-12-29-13-10-25)23(27)24-18-8-11-30-19-5-3-2-4-17(18)19/h2-7,14,18H,8-13,15H2,1H3,(H,24,27)/t18-/m1/s1. The fourth-order valence-electron chi connectivity index (χ4n) is 3.71. The van der Waals surface area contributed by atoms with Crippen molar-refractivity contribution >= 4 is 11.8 Å². The van der Waals surface area contributed by atoms with Gasteiger partial charge in [-0.2, -0.15) is 0 Å². The number of methoxy groups -OCH3 is 1. The number of hydrogen-bond donors (Lipinski definition) is 1. The Morgan fingerprint density at radius 3 is 2.71 bits per heavy atom. The number of nitrogens with one attached hydrogen (secondary N) is 1. The van der Waals surface area contributed by atoms with Crippen molar-refractivity contribution in [1.29, 1.82) is 0 Å². The number of rotatable bonds is 6. The zero-order valence-electron chi connectivity index (χ0n) is 17.5. The number of benzene rings is 2. The van der Waals surface area contributed by atoms with E-state index in [0.717, 1.165) is 11.3 Å². The highest BCUT2D eigenvalue weighted by molar-refractivity contribution is 5.95. The summed E-state index contributed by atoms with van der Waals surface area (Å²) in [6.07, 6.45) is 0.699. The van der Waals surface area contributed by atoms with E-state index >= 15 is 0 Å². The Kier molecular flexibility index (Phi) is 6.57. The van der Waals surface area contributed by atoms with E-state index < -0.39 is 0 Å². The van der Waals surface area contributed by atoms with Crippen molar-refractivity contribution in [2.24, 2.45) is 0 Å². The molecule has 31 heavy (non-hydrogen) atoms. The first kappa shape index (κ1) is 21.0. The molecule has 2 aliphatic rings. The molecule has 164 valence electrons. The molecule has 0 radical (unpaired) electrons. The molecule has 0 bridgehead atoms. The maximum absolute atomic E-state index is 12.9. The minimum atomic E-state index is -0.212. The van der Waals surface area contributed by atoms with Gasteiger partial charge in [0, 0.05) is 30.6 Å². The summed E-state index contributed by atoms with van der Waals surface area (Å²) in [7, 11) is 1.50. The quantitative estimate of drug-likeness (QED) is 0.762. The summed E-state index contributed by atoms with van der Waals surface area (Å²) in [5, 5.41) is 3.07. The molecular weight excluding hydrogens is 400 g/mol. The second-order valence-corrected chi connectivity index (χ2v) is 7.35. The molecule has 0 spiro atoms. The minimum Gasteiger partial charge on any atom is -0.493 e. The van der Waals surface area contributed by atoms with Crippen molar-refractivity contribution in [3.8, 4) is 17.2 Å². The SMILES string of the molecule is COc1cc(C(=O)N[C@@H]2CCOc3ccccc32)ccc1OCC(=O)N1CCOCC1. The largest absolute Gasteiger partial charge is 0.493 e. The number of fused-ring (bicyclic) bond motifs is 1. The monoisotopic (exact) mass is 426 g/mol. The lowest BCUT2D eigenvalue weighted by Gasteiger charge is -2.27. The van der Waals surface area contributed by atoms with Crippen molar-refractivity contribution in [1.82, 2.24) is 10.2 Å². The van der Waals surface area contributed by atoms with Crippen LogP contribution in [0.25, 0.3) is 0 Å². The number of carbonyl (C=O) groups is 2. The third-order valence-electron chi connectivity index (χ3n) is 5.40. The predicted octanol–water partition coefficient (Wildman–Crippen LogP) is 2.19. The second kappa shape index (κ2) is 9.70. The lowest BCUT2D eigenvalue weighted by atomic mass is 10.00. The molecule has 0 saturated carbocycles. The zero-order chi connectivity index (χ0) is 21.6. The van der Waals surface area contributed by atoms with Gasteiger partial charge in [0.15, 0.2) is 18.1 Å². The smallest absolute Gasteiger partial charge is 0.260 e. The van der Waals surface area contributed by atoms with Gasteiger partial charge in [0.25, 0.3) is 11.8 Å². The number of morpholine rings is 1. The van der Waals surface area contributed by atoms with Crippen LogP contribution in [0.1, 0.15) is 28.4 Å². The van der Waals surface area contributed by atoms with Crippen LogP contribution in [0.2, 0.25) is 0 Å². The lowest BCUT2D eigenvalue weighted by molar-refractivity contribution is -0.137. The summed E-state index contributed by atoms with van der Waals surface area (Å²) >= 11 is 0. The topological polar surface area (TPSA) is 86.3 Å².